The molecule has 1 N–H and O–H groups in total. The third kappa shape index (κ3) is 3.14. The molecule has 0 saturated carbocycles. The Morgan fingerprint density at radius 1 is 1.17 bits per heavy atom. The minimum atomic E-state index is -5.33. The van der Waals surface area contributed by atoms with Gasteiger partial charge in [0.2, 0.25) is 5.43 Å². The monoisotopic (exact) mass is 279 g/mol. The standard InChI is InChI=1S/C8H4F7NO2/c9-1-3-5(7(10,11)12)6(17)4(2-16-3)18-8(13,14)15/h2H,1H2,(H,16,17). The molecule has 0 aromatic carbocycles. The molecule has 0 amide bonds. The van der Waals surface area contributed by atoms with Gasteiger partial charge >= 0.3 is 12.5 Å². The van der Waals surface area contributed by atoms with Crippen LogP contribution in [0.3, 0.4) is 0 Å². The summed E-state index contributed by atoms with van der Waals surface area (Å²) in [5, 5.41) is 0. The van der Waals surface area contributed by atoms with Crippen molar-refractivity contribution in [3.05, 3.63) is 27.7 Å². The smallest absolute Gasteiger partial charge is 0.400 e. The molecule has 0 aliphatic heterocycles. The zero-order valence-electron chi connectivity index (χ0n) is 8.25. The lowest BCUT2D eigenvalue weighted by Gasteiger charge is -2.13. The predicted molar refractivity (Wildman–Crippen MR) is 43.6 cm³/mol. The van der Waals surface area contributed by atoms with E-state index in [1.54, 1.807) is 4.98 Å². The SMILES string of the molecule is O=c1c(OC(F)(F)F)c[nH]c(CF)c1C(F)(F)F. The largest absolute Gasteiger partial charge is 0.573 e. The average Bonchev–Trinajstić information content (AvgIpc) is 2.16. The van der Waals surface area contributed by atoms with Gasteiger partial charge in [-0.1, -0.05) is 0 Å². The van der Waals surface area contributed by atoms with Crippen molar-refractivity contribution in [3.63, 3.8) is 0 Å². The Labute approximate surface area is 94.2 Å². The van der Waals surface area contributed by atoms with Gasteiger partial charge in [0.15, 0.2) is 5.75 Å². The molecule has 3 nitrogen and oxygen atoms in total. The van der Waals surface area contributed by atoms with Crippen molar-refractivity contribution in [1.29, 1.82) is 0 Å². The van der Waals surface area contributed by atoms with Crippen LogP contribution in [0.25, 0.3) is 0 Å². The lowest BCUT2D eigenvalue weighted by Crippen LogP contribution is -2.28. The maximum atomic E-state index is 12.4. The van der Waals surface area contributed by atoms with Gasteiger partial charge in [0.1, 0.15) is 12.2 Å². The second kappa shape index (κ2) is 4.50. The lowest BCUT2D eigenvalue weighted by molar-refractivity contribution is -0.275. The van der Waals surface area contributed by atoms with Gasteiger partial charge in [-0.2, -0.15) is 13.2 Å². The number of H-pyrrole nitrogens is 1. The van der Waals surface area contributed by atoms with Crippen molar-refractivity contribution in [2.45, 2.75) is 19.2 Å². The molecule has 0 aliphatic rings. The molecule has 0 fully saturated rings. The third-order valence-corrected chi connectivity index (χ3v) is 1.77. The maximum absolute atomic E-state index is 12.4. The zero-order chi connectivity index (χ0) is 14.1. The maximum Gasteiger partial charge on any atom is 0.573 e. The first-order valence-electron chi connectivity index (χ1n) is 4.19. The number of hydrogen-bond acceptors (Lipinski definition) is 2. The topological polar surface area (TPSA) is 42.1 Å². The molecule has 18 heavy (non-hydrogen) atoms. The number of halogens is 7. The Morgan fingerprint density at radius 3 is 2.11 bits per heavy atom. The van der Waals surface area contributed by atoms with Crippen LogP contribution < -0.4 is 10.2 Å². The molecule has 0 spiro atoms. The number of nitrogens with one attached hydrogen (secondary N) is 1. The van der Waals surface area contributed by atoms with Crippen LogP contribution >= 0.6 is 0 Å². The highest BCUT2D eigenvalue weighted by molar-refractivity contribution is 5.31. The van der Waals surface area contributed by atoms with E-state index in [1.807, 2.05) is 0 Å². The molecule has 0 atom stereocenters. The number of alkyl halides is 7. The second-order valence-corrected chi connectivity index (χ2v) is 3.01. The minimum absolute atomic E-state index is 0.222. The summed E-state index contributed by atoms with van der Waals surface area (Å²) in [6.45, 7) is -1.68. The molecule has 0 saturated heterocycles. The summed E-state index contributed by atoms with van der Waals surface area (Å²) < 4.78 is 87.9. The van der Waals surface area contributed by atoms with Crippen molar-refractivity contribution in [1.82, 2.24) is 4.98 Å². The third-order valence-electron chi connectivity index (χ3n) is 1.77. The van der Waals surface area contributed by atoms with Crippen LogP contribution in [0.1, 0.15) is 11.3 Å². The van der Waals surface area contributed by atoms with E-state index in [0.29, 0.717) is 0 Å². The van der Waals surface area contributed by atoms with E-state index in [2.05, 4.69) is 4.74 Å². The number of hydrogen-bond donors (Lipinski definition) is 1. The van der Waals surface area contributed by atoms with Crippen molar-refractivity contribution >= 4 is 0 Å². The van der Waals surface area contributed by atoms with E-state index < -0.39 is 41.6 Å². The summed E-state index contributed by atoms with van der Waals surface area (Å²) in [5.74, 6) is -1.60. The van der Waals surface area contributed by atoms with Gasteiger partial charge in [-0.3, -0.25) is 4.79 Å². The summed E-state index contributed by atoms with van der Waals surface area (Å²) in [7, 11) is 0. The van der Waals surface area contributed by atoms with E-state index in [4.69, 9.17) is 0 Å². The fourth-order valence-electron chi connectivity index (χ4n) is 1.16. The van der Waals surface area contributed by atoms with Crippen LogP contribution in [-0.4, -0.2) is 11.3 Å². The Kier molecular flexibility index (Phi) is 3.58. The van der Waals surface area contributed by atoms with Crippen molar-refractivity contribution in [2.75, 3.05) is 0 Å². The number of ether oxygens (including phenoxy) is 1. The Balaban J connectivity index is 3.40. The van der Waals surface area contributed by atoms with E-state index in [0.717, 1.165) is 0 Å². The zero-order valence-corrected chi connectivity index (χ0v) is 8.25. The lowest BCUT2D eigenvalue weighted by atomic mass is 10.2. The molecule has 0 unspecified atom stereocenters. The first kappa shape index (κ1) is 14.3. The van der Waals surface area contributed by atoms with E-state index in [-0.39, 0.29) is 6.20 Å². The molecule has 10 heteroatoms. The summed E-state index contributed by atoms with van der Waals surface area (Å²) in [6, 6.07) is 0. The van der Waals surface area contributed by atoms with Crippen LogP contribution in [0.5, 0.6) is 5.75 Å². The molecular formula is C8H4F7NO2. The van der Waals surface area contributed by atoms with Crippen LogP contribution in [0, 0.1) is 0 Å². The molecule has 0 aliphatic carbocycles. The van der Waals surface area contributed by atoms with Gasteiger partial charge in [-0.15, -0.1) is 13.2 Å². The molecule has 1 rings (SSSR count). The summed E-state index contributed by atoms with van der Waals surface area (Å²) >= 11 is 0. The number of rotatable bonds is 2. The quantitative estimate of drug-likeness (QED) is 0.846. The molecule has 0 bridgehead atoms. The summed E-state index contributed by atoms with van der Waals surface area (Å²) in [5.41, 5.74) is -5.29. The van der Waals surface area contributed by atoms with E-state index >= 15 is 0 Å². The van der Waals surface area contributed by atoms with Crippen LogP contribution in [0.4, 0.5) is 30.7 Å². The summed E-state index contributed by atoms with van der Waals surface area (Å²) in [6.07, 6.45) is -10.4. The van der Waals surface area contributed by atoms with Crippen LogP contribution in [-0.2, 0) is 12.9 Å². The van der Waals surface area contributed by atoms with Crippen molar-refractivity contribution in [2.24, 2.45) is 0 Å². The number of aromatic nitrogens is 1. The second-order valence-electron chi connectivity index (χ2n) is 3.01. The first-order valence-corrected chi connectivity index (χ1v) is 4.19. The summed E-state index contributed by atoms with van der Waals surface area (Å²) in [4.78, 5) is 12.7. The minimum Gasteiger partial charge on any atom is -0.400 e. The highest BCUT2D eigenvalue weighted by Gasteiger charge is 2.40. The van der Waals surface area contributed by atoms with Gasteiger partial charge in [-0.05, 0) is 0 Å². The number of pyridine rings is 1. The fourth-order valence-corrected chi connectivity index (χ4v) is 1.16. The normalized spacial score (nSPS) is 12.6. The van der Waals surface area contributed by atoms with Crippen LogP contribution in [0.15, 0.2) is 11.0 Å². The molecule has 1 aromatic rings. The van der Waals surface area contributed by atoms with Gasteiger partial charge in [0.05, 0.1) is 5.69 Å². The van der Waals surface area contributed by atoms with Gasteiger partial charge < -0.3 is 9.72 Å². The Morgan fingerprint density at radius 2 is 1.72 bits per heavy atom. The first-order chi connectivity index (χ1) is 8.06. The highest BCUT2D eigenvalue weighted by Crippen LogP contribution is 2.31. The Bertz CT molecular complexity index is 488. The molecule has 1 heterocycles. The van der Waals surface area contributed by atoms with Gasteiger partial charge in [0.25, 0.3) is 0 Å². The van der Waals surface area contributed by atoms with Crippen LogP contribution in [0.2, 0.25) is 0 Å². The van der Waals surface area contributed by atoms with Crippen molar-refractivity contribution in [3.8, 4) is 5.75 Å². The van der Waals surface area contributed by atoms with Gasteiger partial charge in [-0.25, -0.2) is 4.39 Å². The fraction of sp³-hybridized carbons (Fsp3) is 0.375. The van der Waals surface area contributed by atoms with E-state index in [1.165, 1.54) is 0 Å². The van der Waals surface area contributed by atoms with Crippen molar-refractivity contribution < 1.29 is 35.5 Å². The molecular weight excluding hydrogens is 275 g/mol. The Hall–Kier alpha value is -1.74. The predicted octanol–water partition coefficient (Wildman–Crippen LogP) is 2.76. The molecule has 1 aromatic heterocycles. The van der Waals surface area contributed by atoms with Gasteiger partial charge in [0, 0.05) is 6.20 Å². The number of aromatic amines is 1. The van der Waals surface area contributed by atoms with E-state index in [9.17, 15) is 35.5 Å². The average molecular weight is 279 g/mol. The highest BCUT2D eigenvalue weighted by atomic mass is 19.4. The molecule has 102 valence electrons. The molecule has 0 radical (unpaired) electrons.